The van der Waals surface area contributed by atoms with Crippen LogP contribution in [0.2, 0.25) is 0 Å². The molecule has 50 heavy (non-hydrogen) atoms. The molecule has 0 unspecified atom stereocenters. The molecule has 4 atom stereocenters. The standard InChI is InChI=1S/C37H46N4O7S2/c1-25-22-41(26(2)24-42)36(43)31-21-29(39-50(45,46)35-16-10-20-49-35)17-18-33(31)48-27(3)11-7-8-19-47-34(25)23-40(4)37(44)38-32-15-9-13-28-12-5-6-14-30(28)32/h5-6,9-10,12-18,20-21,25-27,34,39,42H,7-8,11,19,22-24H2,1-4H3,(H,38,44)/t25-,26+,27+,34-/m0/s1. The van der Waals surface area contributed by atoms with Crippen molar-refractivity contribution in [3.05, 3.63) is 83.7 Å². The van der Waals surface area contributed by atoms with Crippen LogP contribution in [-0.4, -0.2) is 86.9 Å². The third-order valence-corrected chi connectivity index (χ3v) is 11.7. The van der Waals surface area contributed by atoms with Crippen molar-refractivity contribution in [2.24, 2.45) is 5.92 Å². The minimum Gasteiger partial charge on any atom is -0.490 e. The Bertz CT molecular complexity index is 1860. The fraction of sp³-hybridized carbons (Fsp3) is 0.405. The Balaban J connectivity index is 1.40. The number of nitrogens with one attached hydrogen (secondary N) is 2. The molecule has 3 N–H and O–H groups in total. The highest BCUT2D eigenvalue weighted by Crippen LogP contribution is 2.30. The van der Waals surface area contributed by atoms with Gasteiger partial charge in [0.1, 0.15) is 9.96 Å². The smallest absolute Gasteiger partial charge is 0.321 e. The lowest BCUT2D eigenvalue weighted by atomic mass is 10.0. The molecule has 1 aromatic heterocycles. The number of nitrogens with zero attached hydrogens (tertiary/aromatic N) is 2. The number of amides is 3. The van der Waals surface area contributed by atoms with E-state index >= 15 is 0 Å². The molecule has 13 heteroatoms. The quantitative estimate of drug-likeness (QED) is 0.185. The largest absolute Gasteiger partial charge is 0.490 e. The zero-order valence-electron chi connectivity index (χ0n) is 28.9. The number of hydrogen-bond donors (Lipinski definition) is 3. The van der Waals surface area contributed by atoms with Gasteiger partial charge in [0.05, 0.1) is 36.1 Å². The van der Waals surface area contributed by atoms with Crippen LogP contribution in [0.15, 0.2) is 82.4 Å². The van der Waals surface area contributed by atoms with E-state index in [1.807, 2.05) is 56.3 Å². The first-order chi connectivity index (χ1) is 24.0. The number of hydrogen-bond acceptors (Lipinski definition) is 8. The highest BCUT2D eigenvalue weighted by molar-refractivity contribution is 7.94. The van der Waals surface area contributed by atoms with Crippen molar-refractivity contribution >= 4 is 55.4 Å². The maximum atomic E-state index is 14.4. The van der Waals surface area contributed by atoms with Crippen LogP contribution in [0.25, 0.3) is 10.8 Å². The highest BCUT2D eigenvalue weighted by Gasteiger charge is 2.31. The number of ether oxygens (including phenoxy) is 2. The number of thiophene rings is 1. The Labute approximate surface area is 298 Å². The number of carbonyl (C=O) groups is 2. The van der Waals surface area contributed by atoms with Gasteiger partial charge in [-0.1, -0.05) is 49.4 Å². The fourth-order valence-corrected chi connectivity index (χ4v) is 8.01. The second kappa shape index (κ2) is 16.7. The Morgan fingerprint density at radius 3 is 2.62 bits per heavy atom. The molecule has 0 radical (unpaired) electrons. The van der Waals surface area contributed by atoms with Gasteiger partial charge in [-0.15, -0.1) is 11.3 Å². The van der Waals surface area contributed by atoms with Crippen molar-refractivity contribution in [2.75, 3.05) is 43.4 Å². The normalized spacial score (nSPS) is 19.9. The average Bonchev–Trinajstić information content (AvgIpc) is 3.66. The molecule has 4 aromatic rings. The summed E-state index contributed by atoms with van der Waals surface area (Å²) in [5.41, 5.74) is 1.10. The van der Waals surface area contributed by atoms with Crippen LogP contribution in [0.3, 0.4) is 0 Å². The van der Waals surface area contributed by atoms with E-state index in [9.17, 15) is 23.1 Å². The molecule has 1 aliphatic rings. The van der Waals surface area contributed by atoms with E-state index in [0.29, 0.717) is 24.5 Å². The number of likely N-dealkylation sites (N-methyl/N-ethyl adjacent to an activating group) is 1. The minimum absolute atomic E-state index is 0.153. The van der Waals surface area contributed by atoms with Gasteiger partial charge < -0.3 is 29.7 Å². The Hall–Kier alpha value is -4.17. The van der Waals surface area contributed by atoms with Crippen molar-refractivity contribution in [1.29, 1.82) is 0 Å². The van der Waals surface area contributed by atoms with E-state index in [1.165, 1.54) is 12.1 Å². The molecule has 0 fully saturated rings. The predicted octanol–water partition coefficient (Wildman–Crippen LogP) is 6.66. The lowest BCUT2D eigenvalue weighted by molar-refractivity contribution is -0.0115. The van der Waals surface area contributed by atoms with Crippen LogP contribution in [0.5, 0.6) is 5.75 Å². The number of urea groups is 1. The molecule has 268 valence electrons. The lowest BCUT2D eigenvalue weighted by Gasteiger charge is -2.35. The maximum Gasteiger partial charge on any atom is 0.321 e. The van der Waals surface area contributed by atoms with E-state index in [-0.39, 0.29) is 53.2 Å². The molecule has 3 aromatic carbocycles. The zero-order valence-corrected chi connectivity index (χ0v) is 30.5. The van der Waals surface area contributed by atoms with Gasteiger partial charge in [0.15, 0.2) is 0 Å². The monoisotopic (exact) mass is 722 g/mol. The summed E-state index contributed by atoms with van der Waals surface area (Å²) in [6.45, 7) is 6.27. The topological polar surface area (TPSA) is 138 Å². The fourth-order valence-electron chi connectivity index (χ4n) is 5.97. The van der Waals surface area contributed by atoms with Gasteiger partial charge in [-0.2, -0.15) is 0 Å². The van der Waals surface area contributed by atoms with Crippen molar-refractivity contribution in [1.82, 2.24) is 9.80 Å². The predicted molar refractivity (Wildman–Crippen MR) is 198 cm³/mol. The van der Waals surface area contributed by atoms with E-state index in [4.69, 9.17) is 9.47 Å². The van der Waals surface area contributed by atoms with Gasteiger partial charge in [-0.05, 0) is 74.2 Å². The van der Waals surface area contributed by atoms with Crippen molar-refractivity contribution in [3.63, 3.8) is 0 Å². The lowest BCUT2D eigenvalue weighted by Crippen LogP contribution is -2.48. The molecular formula is C37H46N4O7S2. The van der Waals surface area contributed by atoms with Gasteiger partial charge >= 0.3 is 6.03 Å². The number of aliphatic hydroxyl groups excluding tert-OH is 1. The van der Waals surface area contributed by atoms with Crippen molar-refractivity contribution in [3.8, 4) is 5.75 Å². The molecule has 3 amide bonds. The maximum absolute atomic E-state index is 14.4. The Kier molecular flexibility index (Phi) is 12.4. The molecule has 0 saturated heterocycles. The Morgan fingerprint density at radius 2 is 1.86 bits per heavy atom. The second-order valence-electron chi connectivity index (χ2n) is 12.9. The first-order valence-electron chi connectivity index (χ1n) is 16.9. The molecule has 5 rings (SSSR count). The number of aliphatic hydroxyl groups is 1. The van der Waals surface area contributed by atoms with Crippen LogP contribution >= 0.6 is 11.3 Å². The summed E-state index contributed by atoms with van der Waals surface area (Å²) in [5.74, 6) is -0.345. The van der Waals surface area contributed by atoms with Crippen molar-refractivity contribution in [2.45, 2.75) is 62.5 Å². The van der Waals surface area contributed by atoms with E-state index in [2.05, 4.69) is 10.0 Å². The first kappa shape index (κ1) is 37.1. The number of benzene rings is 3. The first-order valence-corrected chi connectivity index (χ1v) is 19.2. The third-order valence-electron chi connectivity index (χ3n) is 8.90. The second-order valence-corrected chi connectivity index (χ2v) is 15.7. The van der Waals surface area contributed by atoms with Gasteiger partial charge in [-0.25, -0.2) is 13.2 Å². The summed E-state index contributed by atoms with van der Waals surface area (Å²) < 4.78 is 41.5. The minimum atomic E-state index is -3.86. The van der Waals surface area contributed by atoms with Crippen LogP contribution in [0.4, 0.5) is 16.2 Å². The molecular weight excluding hydrogens is 677 g/mol. The van der Waals surface area contributed by atoms with Crippen LogP contribution in [0, 0.1) is 5.92 Å². The van der Waals surface area contributed by atoms with Crippen LogP contribution < -0.4 is 14.8 Å². The van der Waals surface area contributed by atoms with Crippen molar-refractivity contribution < 1.29 is 32.6 Å². The van der Waals surface area contributed by atoms with Gasteiger partial charge in [0.2, 0.25) is 0 Å². The summed E-state index contributed by atoms with van der Waals surface area (Å²) >= 11 is 1.09. The average molecular weight is 723 g/mol. The van der Waals surface area contributed by atoms with Crippen LogP contribution in [0.1, 0.15) is 50.4 Å². The molecule has 0 spiro atoms. The number of carbonyl (C=O) groups excluding carboxylic acids is 2. The number of sulfonamides is 1. The van der Waals surface area contributed by atoms with Gasteiger partial charge in [0, 0.05) is 43.7 Å². The van der Waals surface area contributed by atoms with Gasteiger partial charge in [-0.3, -0.25) is 9.52 Å². The Morgan fingerprint density at radius 1 is 1.08 bits per heavy atom. The summed E-state index contributed by atoms with van der Waals surface area (Å²) in [4.78, 5) is 31.0. The molecule has 0 saturated carbocycles. The molecule has 11 nitrogen and oxygen atoms in total. The molecule has 2 heterocycles. The van der Waals surface area contributed by atoms with Gasteiger partial charge in [0.25, 0.3) is 15.9 Å². The molecule has 0 bridgehead atoms. The summed E-state index contributed by atoms with van der Waals surface area (Å²) in [5, 5.41) is 16.9. The number of fused-ring (bicyclic) bond motifs is 2. The van der Waals surface area contributed by atoms with E-state index in [1.54, 1.807) is 47.4 Å². The summed E-state index contributed by atoms with van der Waals surface area (Å²) in [6, 6.07) is 20.6. The third kappa shape index (κ3) is 9.13. The SMILES string of the molecule is C[C@@H]1CCCCO[C@@H](CN(C)C(=O)Nc2cccc3ccccc23)[C@@H](C)CN([C@H](C)CO)C(=O)c2cc(NS(=O)(=O)c3cccs3)ccc2O1. The summed E-state index contributed by atoms with van der Waals surface area (Å²) in [7, 11) is -2.15. The van der Waals surface area contributed by atoms with E-state index in [0.717, 1.165) is 35.0 Å². The number of rotatable bonds is 8. The highest BCUT2D eigenvalue weighted by atomic mass is 32.2. The number of anilines is 2. The van der Waals surface area contributed by atoms with E-state index < -0.39 is 28.1 Å². The zero-order chi connectivity index (χ0) is 35.8. The molecule has 1 aliphatic heterocycles. The summed E-state index contributed by atoms with van der Waals surface area (Å²) in [6.07, 6.45) is 1.62. The van der Waals surface area contributed by atoms with Crippen LogP contribution in [-0.2, 0) is 14.8 Å². The molecule has 0 aliphatic carbocycles.